The van der Waals surface area contributed by atoms with Crippen LogP contribution in [0.1, 0.15) is 59.4 Å². The molecule has 0 saturated heterocycles. The summed E-state index contributed by atoms with van der Waals surface area (Å²) in [6, 6.07) is 42.4. The van der Waals surface area contributed by atoms with Crippen molar-refractivity contribution in [3.63, 3.8) is 0 Å². The number of fused-ring (bicyclic) bond motifs is 5. The number of hydrogen-bond acceptors (Lipinski definition) is 1. The Morgan fingerprint density at radius 1 is 0.600 bits per heavy atom. The van der Waals surface area contributed by atoms with Crippen LogP contribution >= 0.6 is 0 Å². The average Bonchev–Trinajstić information content (AvgIpc) is 3.50. The summed E-state index contributed by atoms with van der Waals surface area (Å²) in [5, 5.41) is 2.45. The molecule has 0 fully saturated rings. The van der Waals surface area contributed by atoms with E-state index in [2.05, 4.69) is 146 Å². The van der Waals surface area contributed by atoms with Crippen LogP contribution in [-0.4, -0.2) is 0 Å². The van der Waals surface area contributed by atoms with E-state index in [1.807, 2.05) is 0 Å². The van der Waals surface area contributed by atoms with Crippen molar-refractivity contribution in [1.82, 2.24) is 0 Å². The van der Waals surface area contributed by atoms with Crippen LogP contribution in [0.25, 0.3) is 44.2 Å². The summed E-state index contributed by atoms with van der Waals surface area (Å²) >= 11 is 0. The van der Waals surface area contributed by atoms with Gasteiger partial charge in [0.2, 0.25) is 0 Å². The van der Waals surface area contributed by atoms with Crippen LogP contribution in [-0.2, 0) is 0 Å². The van der Waals surface area contributed by atoms with Gasteiger partial charge in [0.05, 0.1) is 0 Å². The molecule has 9 rings (SSSR count). The van der Waals surface area contributed by atoms with Crippen molar-refractivity contribution in [3.05, 3.63) is 179 Å². The van der Waals surface area contributed by atoms with Crippen molar-refractivity contribution in [2.24, 2.45) is 5.92 Å². The van der Waals surface area contributed by atoms with Crippen LogP contribution in [0.2, 0.25) is 0 Å². The van der Waals surface area contributed by atoms with Gasteiger partial charge in [-0.3, -0.25) is 0 Å². The van der Waals surface area contributed by atoms with Gasteiger partial charge in [0.1, 0.15) is 11.2 Å². The van der Waals surface area contributed by atoms with Crippen LogP contribution in [0, 0.1) is 5.92 Å². The topological polar surface area (TPSA) is 13.1 Å². The fraction of sp³-hybridized carbons (Fsp3) is 0.136. The van der Waals surface area contributed by atoms with Gasteiger partial charge in [-0.1, -0.05) is 121 Å². The second-order valence-corrected chi connectivity index (χ2v) is 12.6. The van der Waals surface area contributed by atoms with Crippen molar-refractivity contribution in [2.45, 2.75) is 31.6 Å². The molecule has 0 aliphatic heterocycles. The van der Waals surface area contributed by atoms with Gasteiger partial charge in [0.25, 0.3) is 0 Å². The molecule has 45 heavy (non-hydrogen) atoms. The summed E-state index contributed by atoms with van der Waals surface area (Å²) in [6.07, 6.45) is 16.0. The van der Waals surface area contributed by atoms with Gasteiger partial charge < -0.3 is 4.42 Å². The molecule has 0 saturated carbocycles. The van der Waals surface area contributed by atoms with E-state index in [0.29, 0.717) is 5.92 Å². The van der Waals surface area contributed by atoms with Gasteiger partial charge in [-0.05, 0) is 112 Å². The number of benzene rings is 5. The largest absolute Gasteiger partial charge is 0.456 e. The molecule has 1 aromatic heterocycles. The van der Waals surface area contributed by atoms with E-state index in [0.717, 1.165) is 36.8 Å². The molecule has 1 heterocycles. The molecule has 2 atom stereocenters. The molecule has 3 aliphatic rings. The highest BCUT2D eigenvalue weighted by atomic mass is 16.3. The van der Waals surface area contributed by atoms with Crippen LogP contribution in [0.3, 0.4) is 0 Å². The minimum Gasteiger partial charge on any atom is -0.456 e. The Hall–Kier alpha value is -5.14. The Kier molecular flexibility index (Phi) is 6.30. The fourth-order valence-corrected chi connectivity index (χ4v) is 8.09. The van der Waals surface area contributed by atoms with Gasteiger partial charge in [-0.2, -0.15) is 0 Å². The molecule has 5 aromatic carbocycles. The smallest absolute Gasteiger partial charge is 0.136 e. The van der Waals surface area contributed by atoms with E-state index in [1.165, 1.54) is 66.4 Å². The summed E-state index contributed by atoms with van der Waals surface area (Å²) in [4.78, 5) is 0. The third-order valence-corrected chi connectivity index (χ3v) is 10.1. The predicted molar refractivity (Wildman–Crippen MR) is 188 cm³/mol. The summed E-state index contributed by atoms with van der Waals surface area (Å²) in [5.74, 6) is 0.636. The Balaban J connectivity index is 1.23. The molecule has 3 aliphatic carbocycles. The van der Waals surface area contributed by atoms with Crippen LogP contribution in [0.5, 0.6) is 0 Å². The highest BCUT2D eigenvalue weighted by molar-refractivity contribution is 6.08. The second-order valence-electron chi connectivity index (χ2n) is 12.6. The molecular formula is C44H34O. The standard InChI is InChI=1S/C44H34O/c1-3-13-29(14-4-1)31-17-11-18-33(27-31)42-34-19-7-9-21-36(34)43(37-22-10-8-20-35(37)42)39-23-12-24-40-44(39)38-26-25-32(28-41(38)45-40)30-15-5-2-6-16-30/h1-3,5-9,11-13,15-21,23-28,37,43H,4,10,14,22H2. The molecule has 216 valence electrons. The van der Waals surface area contributed by atoms with Crippen molar-refractivity contribution in [3.8, 4) is 11.1 Å². The van der Waals surface area contributed by atoms with Crippen molar-refractivity contribution in [1.29, 1.82) is 0 Å². The zero-order valence-corrected chi connectivity index (χ0v) is 25.2. The van der Waals surface area contributed by atoms with Gasteiger partial charge in [-0.25, -0.2) is 0 Å². The molecule has 1 nitrogen and oxygen atoms in total. The van der Waals surface area contributed by atoms with E-state index >= 15 is 0 Å². The monoisotopic (exact) mass is 578 g/mol. The lowest BCUT2D eigenvalue weighted by Gasteiger charge is -2.39. The first-order valence-electron chi connectivity index (χ1n) is 16.3. The maximum Gasteiger partial charge on any atom is 0.136 e. The second kappa shape index (κ2) is 10.8. The normalized spacial score (nSPS) is 19.1. The third kappa shape index (κ3) is 4.37. The molecule has 1 heteroatoms. The van der Waals surface area contributed by atoms with Gasteiger partial charge >= 0.3 is 0 Å². The first-order chi connectivity index (χ1) is 22.3. The third-order valence-electron chi connectivity index (χ3n) is 10.1. The molecule has 0 spiro atoms. The Labute approximate surface area is 264 Å². The quantitative estimate of drug-likeness (QED) is 0.203. The Morgan fingerprint density at radius 3 is 2.33 bits per heavy atom. The lowest BCUT2D eigenvalue weighted by atomic mass is 9.64. The van der Waals surface area contributed by atoms with E-state index in [1.54, 1.807) is 0 Å². The lowest BCUT2D eigenvalue weighted by molar-refractivity contribution is 0.498. The van der Waals surface area contributed by atoms with Crippen molar-refractivity contribution < 1.29 is 4.42 Å². The molecule has 0 amide bonds. The maximum atomic E-state index is 6.60. The van der Waals surface area contributed by atoms with E-state index in [9.17, 15) is 0 Å². The fourth-order valence-electron chi connectivity index (χ4n) is 8.09. The molecule has 0 radical (unpaired) electrons. The van der Waals surface area contributed by atoms with Crippen LogP contribution in [0.4, 0.5) is 0 Å². The van der Waals surface area contributed by atoms with Gasteiger partial charge in [0.15, 0.2) is 0 Å². The maximum absolute atomic E-state index is 6.60. The lowest BCUT2D eigenvalue weighted by Crippen LogP contribution is -2.24. The molecule has 0 bridgehead atoms. The highest BCUT2D eigenvalue weighted by Crippen LogP contribution is 2.53. The van der Waals surface area contributed by atoms with Crippen molar-refractivity contribution >= 4 is 33.1 Å². The number of furan rings is 1. The number of allylic oxidation sites excluding steroid dienone is 7. The van der Waals surface area contributed by atoms with Crippen molar-refractivity contribution in [2.75, 3.05) is 0 Å². The summed E-state index contributed by atoms with van der Waals surface area (Å²) in [5.41, 5.74) is 15.4. The zero-order chi connectivity index (χ0) is 29.7. The number of rotatable bonds is 4. The Bertz CT molecular complexity index is 2220. The number of hydrogen-bond donors (Lipinski definition) is 0. The first-order valence-corrected chi connectivity index (χ1v) is 16.3. The summed E-state index contributed by atoms with van der Waals surface area (Å²) in [6.45, 7) is 0. The Morgan fingerprint density at radius 2 is 1.42 bits per heavy atom. The molecule has 2 unspecified atom stereocenters. The van der Waals surface area contributed by atoms with Crippen LogP contribution < -0.4 is 0 Å². The minimum absolute atomic E-state index is 0.248. The summed E-state index contributed by atoms with van der Waals surface area (Å²) in [7, 11) is 0. The predicted octanol–water partition coefficient (Wildman–Crippen LogP) is 11.9. The van der Waals surface area contributed by atoms with E-state index < -0.39 is 0 Å². The van der Waals surface area contributed by atoms with Crippen LogP contribution in [0.15, 0.2) is 156 Å². The van der Waals surface area contributed by atoms with Gasteiger partial charge in [-0.15, -0.1) is 0 Å². The van der Waals surface area contributed by atoms with E-state index in [-0.39, 0.29) is 5.92 Å². The first kappa shape index (κ1) is 26.3. The van der Waals surface area contributed by atoms with Gasteiger partial charge in [0, 0.05) is 16.7 Å². The SMILES string of the molecule is C1=CCCC(c2cccc(C3=C4C=CCCC4C(c4cccc5oc6cc(-c7ccccc7)ccc6c45)c4ccccc43)c2)=C1. The average molecular weight is 579 g/mol. The molecule has 0 N–H and O–H groups in total. The highest BCUT2D eigenvalue weighted by Gasteiger charge is 2.38. The molecule has 6 aromatic rings. The zero-order valence-electron chi connectivity index (χ0n) is 25.2. The minimum atomic E-state index is 0.248. The summed E-state index contributed by atoms with van der Waals surface area (Å²) < 4.78 is 6.60. The van der Waals surface area contributed by atoms with E-state index in [4.69, 9.17) is 4.42 Å². The molecular weight excluding hydrogens is 544 g/mol.